The van der Waals surface area contributed by atoms with E-state index in [1.54, 1.807) is 4.90 Å². The Labute approximate surface area is 114 Å². The number of urea groups is 1. The van der Waals surface area contributed by atoms with Crippen LogP contribution in [0.2, 0.25) is 0 Å². The Kier molecular flexibility index (Phi) is 4.99. The topological polar surface area (TPSA) is 94.2 Å². The molecule has 0 atom stereocenters. The molecular weight excluding hydrogens is 246 g/mol. The Hall–Kier alpha value is -1.50. The average Bonchev–Trinajstić information content (AvgIpc) is 2.37. The Bertz CT molecular complexity index is 346. The maximum Gasteiger partial charge on any atom is 0.317 e. The molecule has 0 bridgehead atoms. The number of nitrogens with two attached hydrogens (primary N) is 1. The van der Waals surface area contributed by atoms with Crippen molar-refractivity contribution in [2.75, 3.05) is 26.2 Å². The zero-order chi connectivity index (χ0) is 14.6. The van der Waals surface area contributed by atoms with Crippen molar-refractivity contribution in [3.63, 3.8) is 0 Å². The van der Waals surface area contributed by atoms with Crippen molar-refractivity contribution < 1.29 is 10.0 Å². The summed E-state index contributed by atoms with van der Waals surface area (Å²) in [4.78, 5) is 15.8. The van der Waals surface area contributed by atoms with E-state index in [9.17, 15) is 4.79 Å². The molecule has 1 rings (SSSR count). The lowest BCUT2D eigenvalue weighted by molar-refractivity contribution is 0.0946. The zero-order valence-electron chi connectivity index (χ0n) is 12.2. The number of carbonyl (C=O) groups excluding carboxylic acids is 1. The van der Waals surface area contributed by atoms with Crippen molar-refractivity contribution in [3.05, 3.63) is 0 Å². The SMILES string of the molecule is CC(C)NC(=O)N1CCN(C(C)(C)C(N)=NO)CC1. The van der Waals surface area contributed by atoms with E-state index in [1.807, 2.05) is 27.7 Å². The second kappa shape index (κ2) is 6.10. The molecule has 0 saturated carbocycles. The number of carbonyl (C=O) groups is 1. The maximum atomic E-state index is 11.9. The molecule has 2 amide bonds. The minimum absolute atomic E-state index is 0.0312. The van der Waals surface area contributed by atoms with Crippen LogP contribution >= 0.6 is 0 Å². The molecule has 0 aromatic carbocycles. The van der Waals surface area contributed by atoms with Gasteiger partial charge in [0.05, 0.1) is 5.54 Å². The van der Waals surface area contributed by atoms with Crippen LogP contribution in [0.15, 0.2) is 5.16 Å². The summed E-state index contributed by atoms with van der Waals surface area (Å²) >= 11 is 0. The van der Waals surface area contributed by atoms with E-state index < -0.39 is 5.54 Å². The number of hydrogen-bond acceptors (Lipinski definition) is 4. The number of rotatable bonds is 3. The van der Waals surface area contributed by atoms with Crippen molar-refractivity contribution in [2.24, 2.45) is 10.9 Å². The number of piperazine rings is 1. The summed E-state index contributed by atoms with van der Waals surface area (Å²) in [6.45, 7) is 10.4. The highest BCUT2D eigenvalue weighted by Crippen LogP contribution is 2.17. The molecule has 4 N–H and O–H groups in total. The molecule has 19 heavy (non-hydrogen) atoms. The van der Waals surface area contributed by atoms with Gasteiger partial charge in [-0.25, -0.2) is 4.79 Å². The van der Waals surface area contributed by atoms with Crippen LogP contribution in [0.4, 0.5) is 4.79 Å². The van der Waals surface area contributed by atoms with Crippen molar-refractivity contribution in [1.82, 2.24) is 15.1 Å². The van der Waals surface area contributed by atoms with E-state index in [0.717, 1.165) is 0 Å². The summed E-state index contributed by atoms with van der Waals surface area (Å²) in [6, 6.07) is 0.107. The minimum Gasteiger partial charge on any atom is -0.409 e. The van der Waals surface area contributed by atoms with E-state index in [2.05, 4.69) is 15.4 Å². The standard InChI is InChI=1S/C12H25N5O2/c1-9(2)14-11(18)16-5-7-17(8-6-16)12(3,4)10(13)15-19/h9,19H,5-8H2,1-4H3,(H2,13,15)(H,14,18). The van der Waals surface area contributed by atoms with Crippen LogP contribution in [0.1, 0.15) is 27.7 Å². The van der Waals surface area contributed by atoms with Crippen molar-refractivity contribution in [3.8, 4) is 0 Å². The lowest BCUT2D eigenvalue weighted by atomic mass is 10.0. The van der Waals surface area contributed by atoms with Crippen LogP contribution in [-0.2, 0) is 0 Å². The van der Waals surface area contributed by atoms with Crippen LogP contribution in [0.25, 0.3) is 0 Å². The fourth-order valence-electron chi connectivity index (χ4n) is 2.09. The molecular formula is C12H25N5O2. The molecule has 7 heteroatoms. The maximum absolute atomic E-state index is 11.9. The first-order valence-electron chi connectivity index (χ1n) is 6.57. The highest BCUT2D eigenvalue weighted by atomic mass is 16.4. The van der Waals surface area contributed by atoms with Gasteiger partial charge in [0, 0.05) is 32.2 Å². The van der Waals surface area contributed by atoms with Crippen molar-refractivity contribution >= 4 is 11.9 Å². The van der Waals surface area contributed by atoms with Gasteiger partial charge >= 0.3 is 6.03 Å². The monoisotopic (exact) mass is 271 g/mol. The second-order valence-corrected chi connectivity index (χ2v) is 5.62. The van der Waals surface area contributed by atoms with Gasteiger partial charge in [0.25, 0.3) is 0 Å². The number of amides is 2. The number of nitrogens with one attached hydrogen (secondary N) is 1. The lowest BCUT2D eigenvalue weighted by Crippen LogP contribution is -2.61. The van der Waals surface area contributed by atoms with Gasteiger partial charge in [-0.2, -0.15) is 0 Å². The van der Waals surface area contributed by atoms with E-state index in [0.29, 0.717) is 26.2 Å². The normalized spacial score (nSPS) is 18.8. The largest absolute Gasteiger partial charge is 0.409 e. The molecule has 1 heterocycles. The van der Waals surface area contributed by atoms with Gasteiger partial charge in [-0.15, -0.1) is 0 Å². The Morgan fingerprint density at radius 1 is 1.32 bits per heavy atom. The van der Waals surface area contributed by atoms with Gasteiger partial charge < -0.3 is 21.2 Å². The summed E-state index contributed by atoms with van der Waals surface area (Å²) < 4.78 is 0. The van der Waals surface area contributed by atoms with Gasteiger partial charge in [0.2, 0.25) is 0 Å². The van der Waals surface area contributed by atoms with Gasteiger partial charge in [-0.1, -0.05) is 5.16 Å². The molecule has 1 aliphatic heterocycles. The molecule has 1 fully saturated rings. The highest BCUT2D eigenvalue weighted by molar-refractivity contribution is 5.88. The number of nitrogens with zero attached hydrogens (tertiary/aromatic N) is 3. The number of hydrogen-bond donors (Lipinski definition) is 3. The molecule has 0 unspecified atom stereocenters. The molecule has 0 spiro atoms. The van der Waals surface area contributed by atoms with Crippen LogP contribution in [0.5, 0.6) is 0 Å². The van der Waals surface area contributed by atoms with Crippen LogP contribution in [0, 0.1) is 0 Å². The summed E-state index contributed by atoms with van der Waals surface area (Å²) in [7, 11) is 0. The Balaban J connectivity index is 2.56. The lowest BCUT2D eigenvalue weighted by Gasteiger charge is -2.43. The summed E-state index contributed by atoms with van der Waals surface area (Å²) in [5.41, 5.74) is 5.20. The van der Waals surface area contributed by atoms with E-state index in [1.165, 1.54) is 0 Å². The van der Waals surface area contributed by atoms with E-state index in [-0.39, 0.29) is 17.9 Å². The first-order chi connectivity index (χ1) is 8.78. The molecule has 0 aromatic heterocycles. The number of amidine groups is 1. The molecule has 7 nitrogen and oxygen atoms in total. The van der Waals surface area contributed by atoms with Crippen LogP contribution < -0.4 is 11.1 Å². The van der Waals surface area contributed by atoms with E-state index in [4.69, 9.17) is 10.9 Å². The summed E-state index contributed by atoms with van der Waals surface area (Å²) in [6.07, 6.45) is 0. The highest BCUT2D eigenvalue weighted by Gasteiger charge is 2.34. The first kappa shape index (κ1) is 15.6. The molecule has 0 aromatic rings. The predicted octanol–water partition coefficient (Wildman–Crippen LogP) is 0.247. The van der Waals surface area contributed by atoms with Crippen LogP contribution in [-0.4, -0.2) is 64.6 Å². The van der Waals surface area contributed by atoms with Gasteiger partial charge in [0.1, 0.15) is 0 Å². The third-order valence-electron chi connectivity index (χ3n) is 3.50. The molecule has 0 aliphatic carbocycles. The van der Waals surface area contributed by atoms with E-state index >= 15 is 0 Å². The van der Waals surface area contributed by atoms with Gasteiger partial charge in [0.15, 0.2) is 5.84 Å². The fraction of sp³-hybridized carbons (Fsp3) is 0.833. The minimum atomic E-state index is -0.505. The fourth-order valence-corrected chi connectivity index (χ4v) is 2.09. The predicted molar refractivity (Wildman–Crippen MR) is 74.3 cm³/mol. The summed E-state index contributed by atoms with van der Waals surface area (Å²) in [5.74, 6) is 0.188. The van der Waals surface area contributed by atoms with Gasteiger partial charge in [-0.3, -0.25) is 4.90 Å². The van der Waals surface area contributed by atoms with Crippen molar-refractivity contribution in [1.29, 1.82) is 0 Å². The summed E-state index contributed by atoms with van der Waals surface area (Å²) in [5, 5.41) is 14.8. The zero-order valence-corrected chi connectivity index (χ0v) is 12.2. The third-order valence-corrected chi connectivity index (χ3v) is 3.50. The number of oxime groups is 1. The van der Waals surface area contributed by atoms with Gasteiger partial charge in [-0.05, 0) is 27.7 Å². The average molecular weight is 271 g/mol. The third kappa shape index (κ3) is 3.73. The molecule has 110 valence electrons. The van der Waals surface area contributed by atoms with Crippen LogP contribution in [0.3, 0.4) is 0 Å². The Morgan fingerprint density at radius 2 is 1.84 bits per heavy atom. The molecule has 1 aliphatic rings. The van der Waals surface area contributed by atoms with Crippen molar-refractivity contribution in [2.45, 2.75) is 39.3 Å². The first-order valence-corrected chi connectivity index (χ1v) is 6.57. The quantitative estimate of drug-likeness (QED) is 0.297. The smallest absolute Gasteiger partial charge is 0.317 e. The second-order valence-electron chi connectivity index (χ2n) is 5.62. The molecule has 1 saturated heterocycles. The molecule has 0 radical (unpaired) electrons. The Morgan fingerprint density at radius 3 is 2.26 bits per heavy atom.